The first-order valence-corrected chi connectivity index (χ1v) is 4.28. The molecule has 0 bridgehead atoms. The van der Waals surface area contributed by atoms with Crippen LogP contribution < -0.4 is 10.2 Å². The topological polar surface area (TPSA) is 32.3 Å². The number of carbonyl (C=O) groups excluding carboxylic acids is 1. The van der Waals surface area contributed by atoms with Gasteiger partial charge >= 0.3 is 0 Å². The molecule has 0 aliphatic carbocycles. The Hall–Kier alpha value is -1.51. The summed E-state index contributed by atoms with van der Waals surface area (Å²) in [7, 11) is 1.93. The highest BCUT2D eigenvalue weighted by Crippen LogP contribution is 2.28. The third kappa shape index (κ3) is 1.37. The fourth-order valence-electron chi connectivity index (χ4n) is 1.55. The Morgan fingerprint density at radius 3 is 3.00 bits per heavy atom. The standard InChI is InChI=1S/C10H12N2O/c1-7-3-4-8-9(5-7)12(2)6-10(13)11-8/h3-5H,6H2,1-2H3,(H,11,13). The first kappa shape index (κ1) is 8.10. The number of likely N-dealkylation sites (N-methyl/N-ethyl adjacent to an activating group) is 1. The molecule has 0 spiro atoms. The summed E-state index contributed by atoms with van der Waals surface area (Å²) in [6, 6.07) is 6.02. The fourth-order valence-corrected chi connectivity index (χ4v) is 1.55. The number of nitrogens with zero attached hydrogens (tertiary/aromatic N) is 1. The lowest BCUT2D eigenvalue weighted by Crippen LogP contribution is -2.35. The van der Waals surface area contributed by atoms with E-state index in [1.165, 1.54) is 5.56 Å². The van der Waals surface area contributed by atoms with Crippen LogP contribution in [-0.4, -0.2) is 19.5 Å². The minimum absolute atomic E-state index is 0.0545. The maximum atomic E-state index is 11.2. The van der Waals surface area contributed by atoms with Gasteiger partial charge in [0.1, 0.15) is 0 Å². The molecule has 3 nitrogen and oxygen atoms in total. The van der Waals surface area contributed by atoms with Crippen LogP contribution in [0.1, 0.15) is 5.56 Å². The van der Waals surface area contributed by atoms with Gasteiger partial charge in [-0.05, 0) is 24.6 Å². The van der Waals surface area contributed by atoms with Crippen molar-refractivity contribution >= 4 is 17.3 Å². The predicted octanol–water partition coefficient (Wildman–Crippen LogP) is 1.38. The Labute approximate surface area is 77.4 Å². The summed E-state index contributed by atoms with van der Waals surface area (Å²) in [5, 5.41) is 2.84. The summed E-state index contributed by atoms with van der Waals surface area (Å²) in [6.07, 6.45) is 0. The van der Waals surface area contributed by atoms with Gasteiger partial charge in [0, 0.05) is 7.05 Å². The molecule has 1 aliphatic rings. The van der Waals surface area contributed by atoms with Crippen LogP contribution in [0.25, 0.3) is 0 Å². The first-order chi connectivity index (χ1) is 6.16. The van der Waals surface area contributed by atoms with Crippen molar-refractivity contribution in [1.82, 2.24) is 0 Å². The maximum absolute atomic E-state index is 11.2. The molecule has 3 heteroatoms. The molecule has 1 N–H and O–H groups in total. The summed E-state index contributed by atoms with van der Waals surface area (Å²) < 4.78 is 0. The van der Waals surface area contributed by atoms with Crippen LogP contribution in [0.3, 0.4) is 0 Å². The highest BCUT2D eigenvalue weighted by molar-refractivity contribution is 6.01. The lowest BCUT2D eigenvalue weighted by Gasteiger charge is -2.27. The minimum atomic E-state index is 0.0545. The average molecular weight is 176 g/mol. The first-order valence-electron chi connectivity index (χ1n) is 4.28. The third-order valence-corrected chi connectivity index (χ3v) is 2.22. The van der Waals surface area contributed by atoms with E-state index < -0.39 is 0 Å². The van der Waals surface area contributed by atoms with Crippen molar-refractivity contribution in [2.45, 2.75) is 6.92 Å². The van der Waals surface area contributed by atoms with Crippen LogP contribution in [0.5, 0.6) is 0 Å². The molecule has 1 aromatic rings. The Morgan fingerprint density at radius 2 is 2.23 bits per heavy atom. The second-order valence-corrected chi connectivity index (χ2v) is 3.42. The molecule has 0 radical (unpaired) electrons. The van der Waals surface area contributed by atoms with Gasteiger partial charge < -0.3 is 10.2 Å². The van der Waals surface area contributed by atoms with Crippen LogP contribution in [0.4, 0.5) is 11.4 Å². The van der Waals surface area contributed by atoms with Gasteiger partial charge in [0.05, 0.1) is 17.9 Å². The Bertz CT molecular complexity index is 360. The molecule has 1 aliphatic heterocycles. The fraction of sp³-hybridized carbons (Fsp3) is 0.300. The summed E-state index contributed by atoms with van der Waals surface area (Å²) in [4.78, 5) is 13.1. The van der Waals surface area contributed by atoms with Gasteiger partial charge in [0.15, 0.2) is 0 Å². The molecule has 0 unspecified atom stereocenters. The predicted molar refractivity (Wildman–Crippen MR) is 53.1 cm³/mol. The van der Waals surface area contributed by atoms with Crippen molar-refractivity contribution in [3.05, 3.63) is 23.8 Å². The van der Waals surface area contributed by atoms with E-state index in [2.05, 4.69) is 11.4 Å². The summed E-state index contributed by atoms with van der Waals surface area (Å²) in [5.41, 5.74) is 3.21. The summed E-state index contributed by atoms with van der Waals surface area (Å²) in [5.74, 6) is 0.0545. The number of benzene rings is 1. The van der Waals surface area contributed by atoms with Crippen molar-refractivity contribution in [2.75, 3.05) is 23.8 Å². The number of aryl methyl sites for hydroxylation is 1. The molecular weight excluding hydrogens is 164 g/mol. The number of anilines is 2. The van der Waals surface area contributed by atoms with E-state index >= 15 is 0 Å². The average Bonchev–Trinajstić information content (AvgIpc) is 2.06. The normalized spacial score (nSPS) is 15.2. The number of hydrogen-bond acceptors (Lipinski definition) is 2. The maximum Gasteiger partial charge on any atom is 0.243 e. The molecule has 0 aromatic heterocycles. The number of rotatable bonds is 0. The zero-order valence-electron chi connectivity index (χ0n) is 7.79. The van der Waals surface area contributed by atoms with Gasteiger partial charge in [0.25, 0.3) is 0 Å². The Kier molecular flexibility index (Phi) is 1.72. The van der Waals surface area contributed by atoms with Gasteiger partial charge in [-0.3, -0.25) is 4.79 Å². The molecule has 1 heterocycles. The van der Waals surface area contributed by atoms with E-state index in [-0.39, 0.29) is 5.91 Å². The lowest BCUT2D eigenvalue weighted by molar-refractivity contribution is -0.115. The molecule has 0 saturated heterocycles. The van der Waals surface area contributed by atoms with E-state index in [0.717, 1.165) is 11.4 Å². The number of nitrogens with one attached hydrogen (secondary N) is 1. The molecule has 0 fully saturated rings. The number of carbonyl (C=O) groups is 1. The zero-order valence-corrected chi connectivity index (χ0v) is 7.79. The molecule has 0 atom stereocenters. The van der Waals surface area contributed by atoms with Crippen molar-refractivity contribution < 1.29 is 4.79 Å². The van der Waals surface area contributed by atoms with E-state index in [4.69, 9.17) is 0 Å². The van der Waals surface area contributed by atoms with Crippen LogP contribution in [0.2, 0.25) is 0 Å². The SMILES string of the molecule is Cc1ccc2c(c1)N(C)CC(=O)N2. The van der Waals surface area contributed by atoms with Crippen LogP contribution >= 0.6 is 0 Å². The van der Waals surface area contributed by atoms with Gasteiger partial charge in [-0.2, -0.15) is 0 Å². The van der Waals surface area contributed by atoms with Crippen molar-refractivity contribution in [3.63, 3.8) is 0 Å². The van der Waals surface area contributed by atoms with Crippen molar-refractivity contribution in [3.8, 4) is 0 Å². The lowest BCUT2D eigenvalue weighted by atomic mass is 10.1. The monoisotopic (exact) mass is 176 g/mol. The van der Waals surface area contributed by atoms with E-state index in [1.807, 2.05) is 31.0 Å². The van der Waals surface area contributed by atoms with Gasteiger partial charge in [-0.1, -0.05) is 6.07 Å². The van der Waals surface area contributed by atoms with Crippen LogP contribution in [0, 0.1) is 6.92 Å². The molecule has 0 saturated carbocycles. The van der Waals surface area contributed by atoms with Crippen molar-refractivity contribution in [1.29, 1.82) is 0 Å². The molecule has 2 rings (SSSR count). The Balaban J connectivity index is 2.49. The van der Waals surface area contributed by atoms with E-state index in [9.17, 15) is 4.79 Å². The molecule has 1 amide bonds. The van der Waals surface area contributed by atoms with Crippen molar-refractivity contribution in [2.24, 2.45) is 0 Å². The Morgan fingerprint density at radius 1 is 1.46 bits per heavy atom. The minimum Gasteiger partial charge on any atom is -0.364 e. The summed E-state index contributed by atoms with van der Waals surface area (Å²) >= 11 is 0. The van der Waals surface area contributed by atoms with Gasteiger partial charge in [-0.15, -0.1) is 0 Å². The van der Waals surface area contributed by atoms with Gasteiger partial charge in [0.2, 0.25) is 5.91 Å². The van der Waals surface area contributed by atoms with E-state index in [1.54, 1.807) is 0 Å². The summed E-state index contributed by atoms with van der Waals surface area (Å²) in [6.45, 7) is 2.49. The quantitative estimate of drug-likeness (QED) is 0.647. The number of amides is 1. The molecule has 68 valence electrons. The van der Waals surface area contributed by atoms with Gasteiger partial charge in [-0.25, -0.2) is 0 Å². The highest BCUT2D eigenvalue weighted by Gasteiger charge is 2.18. The van der Waals surface area contributed by atoms with E-state index in [0.29, 0.717) is 6.54 Å². The smallest absolute Gasteiger partial charge is 0.243 e. The largest absolute Gasteiger partial charge is 0.364 e. The molecule has 13 heavy (non-hydrogen) atoms. The second-order valence-electron chi connectivity index (χ2n) is 3.42. The second kappa shape index (κ2) is 2.76. The molecular formula is C10H12N2O. The molecule has 1 aromatic carbocycles. The number of fused-ring (bicyclic) bond motifs is 1. The van der Waals surface area contributed by atoms with Crippen LogP contribution in [0.15, 0.2) is 18.2 Å². The van der Waals surface area contributed by atoms with Crippen LogP contribution in [-0.2, 0) is 4.79 Å². The zero-order chi connectivity index (χ0) is 9.42. The third-order valence-electron chi connectivity index (χ3n) is 2.22. The number of hydrogen-bond donors (Lipinski definition) is 1. The highest BCUT2D eigenvalue weighted by atomic mass is 16.2.